The first-order valence-electron chi connectivity index (χ1n) is 6.23. The fraction of sp³-hybridized carbons (Fsp3) is 0.357. The van der Waals surface area contributed by atoms with Crippen molar-refractivity contribution in [1.82, 2.24) is 10.3 Å². The standard InChI is InChI=1S/C14H15F3N2O/c1-3-19-13(10-5-7-20-9(10)2)11-8-18-6-4-12(11)14(15,16)17/h4-8,13,19H,3H2,1-2H3. The maximum absolute atomic E-state index is 13.1. The van der Waals surface area contributed by atoms with Crippen LogP contribution in [0.15, 0.2) is 35.2 Å². The maximum atomic E-state index is 13.1. The van der Waals surface area contributed by atoms with Crippen molar-refractivity contribution in [2.24, 2.45) is 0 Å². The van der Waals surface area contributed by atoms with Crippen molar-refractivity contribution < 1.29 is 17.6 Å². The number of halogens is 3. The largest absolute Gasteiger partial charge is 0.469 e. The van der Waals surface area contributed by atoms with Gasteiger partial charge in [-0.1, -0.05) is 6.92 Å². The van der Waals surface area contributed by atoms with Crippen LogP contribution >= 0.6 is 0 Å². The van der Waals surface area contributed by atoms with Crippen LogP contribution in [-0.4, -0.2) is 11.5 Å². The van der Waals surface area contributed by atoms with Crippen molar-refractivity contribution in [2.45, 2.75) is 26.1 Å². The molecule has 0 aliphatic heterocycles. The molecule has 3 nitrogen and oxygen atoms in total. The quantitative estimate of drug-likeness (QED) is 0.930. The molecule has 0 bridgehead atoms. The van der Waals surface area contributed by atoms with Crippen LogP contribution in [0.3, 0.4) is 0 Å². The Morgan fingerprint density at radius 1 is 1.30 bits per heavy atom. The zero-order valence-corrected chi connectivity index (χ0v) is 11.2. The summed E-state index contributed by atoms with van der Waals surface area (Å²) in [4.78, 5) is 3.83. The van der Waals surface area contributed by atoms with Gasteiger partial charge in [-0.2, -0.15) is 13.2 Å². The Morgan fingerprint density at radius 3 is 2.60 bits per heavy atom. The van der Waals surface area contributed by atoms with E-state index in [4.69, 9.17) is 4.42 Å². The highest BCUT2D eigenvalue weighted by atomic mass is 19.4. The monoisotopic (exact) mass is 284 g/mol. The van der Waals surface area contributed by atoms with E-state index in [1.54, 1.807) is 13.0 Å². The van der Waals surface area contributed by atoms with Crippen molar-refractivity contribution in [1.29, 1.82) is 0 Å². The topological polar surface area (TPSA) is 38.1 Å². The molecule has 6 heteroatoms. The lowest BCUT2D eigenvalue weighted by Crippen LogP contribution is -2.25. The van der Waals surface area contributed by atoms with Crippen molar-refractivity contribution in [2.75, 3.05) is 6.54 Å². The van der Waals surface area contributed by atoms with Crippen molar-refractivity contribution in [3.63, 3.8) is 0 Å². The summed E-state index contributed by atoms with van der Waals surface area (Å²) in [6.07, 6.45) is -0.539. The Morgan fingerprint density at radius 2 is 2.05 bits per heavy atom. The molecule has 0 aliphatic rings. The molecule has 0 fully saturated rings. The van der Waals surface area contributed by atoms with Crippen molar-refractivity contribution in [3.8, 4) is 0 Å². The van der Waals surface area contributed by atoms with Gasteiger partial charge in [-0.25, -0.2) is 0 Å². The van der Waals surface area contributed by atoms with Crippen LogP contribution in [0, 0.1) is 6.92 Å². The molecule has 0 spiro atoms. The molecule has 0 saturated heterocycles. The molecule has 0 saturated carbocycles. The molecule has 2 heterocycles. The average molecular weight is 284 g/mol. The Balaban J connectivity index is 2.54. The molecular formula is C14H15F3N2O. The van der Waals surface area contributed by atoms with Crippen LogP contribution in [0.5, 0.6) is 0 Å². The number of nitrogens with one attached hydrogen (secondary N) is 1. The van der Waals surface area contributed by atoms with Gasteiger partial charge in [0.25, 0.3) is 0 Å². The molecule has 1 atom stereocenters. The molecule has 108 valence electrons. The molecule has 2 rings (SSSR count). The van der Waals surface area contributed by atoms with Gasteiger partial charge in [0.15, 0.2) is 0 Å². The fourth-order valence-electron chi connectivity index (χ4n) is 2.18. The molecule has 2 aromatic rings. The van der Waals surface area contributed by atoms with Crippen molar-refractivity contribution >= 4 is 0 Å². The molecule has 0 aromatic carbocycles. The zero-order chi connectivity index (χ0) is 14.8. The van der Waals surface area contributed by atoms with Gasteiger partial charge in [-0.3, -0.25) is 4.98 Å². The Hall–Kier alpha value is -1.82. The molecular weight excluding hydrogens is 269 g/mol. The number of rotatable bonds is 4. The van der Waals surface area contributed by atoms with Gasteiger partial charge in [0.1, 0.15) is 5.76 Å². The summed E-state index contributed by atoms with van der Waals surface area (Å²) in [5, 5.41) is 3.05. The molecule has 1 unspecified atom stereocenters. The first kappa shape index (κ1) is 14.6. The highest BCUT2D eigenvalue weighted by Crippen LogP contribution is 2.36. The predicted molar refractivity (Wildman–Crippen MR) is 68.2 cm³/mol. The molecule has 2 aromatic heterocycles. The highest BCUT2D eigenvalue weighted by Gasteiger charge is 2.36. The van der Waals surface area contributed by atoms with E-state index in [9.17, 15) is 13.2 Å². The second-order valence-corrected chi connectivity index (χ2v) is 4.38. The van der Waals surface area contributed by atoms with Gasteiger partial charge in [-0.05, 0) is 25.6 Å². The van der Waals surface area contributed by atoms with E-state index >= 15 is 0 Å². The number of aryl methyl sites for hydroxylation is 1. The summed E-state index contributed by atoms with van der Waals surface area (Å²) in [6.45, 7) is 4.09. The van der Waals surface area contributed by atoms with E-state index in [0.717, 1.165) is 12.3 Å². The minimum atomic E-state index is -4.41. The molecule has 20 heavy (non-hydrogen) atoms. The highest BCUT2D eigenvalue weighted by molar-refractivity contribution is 5.37. The molecule has 0 amide bonds. The smallest absolute Gasteiger partial charge is 0.416 e. The Kier molecular flexibility index (Phi) is 4.13. The number of hydrogen-bond acceptors (Lipinski definition) is 3. The summed E-state index contributed by atoms with van der Waals surface area (Å²) in [5.74, 6) is 0.591. The summed E-state index contributed by atoms with van der Waals surface area (Å²) < 4.78 is 44.5. The minimum absolute atomic E-state index is 0.103. The summed E-state index contributed by atoms with van der Waals surface area (Å²) in [5.41, 5.74) is 0.107. The van der Waals surface area contributed by atoms with E-state index < -0.39 is 17.8 Å². The maximum Gasteiger partial charge on any atom is 0.416 e. The number of furan rings is 1. The lowest BCUT2D eigenvalue weighted by Gasteiger charge is -2.21. The van der Waals surface area contributed by atoms with E-state index in [-0.39, 0.29) is 5.56 Å². The zero-order valence-electron chi connectivity index (χ0n) is 11.2. The predicted octanol–water partition coefficient (Wildman–Crippen LogP) is 3.70. The normalized spacial score (nSPS) is 13.4. The summed E-state index contributed by atoms with van der Waals surface area (Å²) >= 11 is 0. The van der Waals surface area contributed by atoms with Gasteiger partial charge < -0.3 is 9.73 Å². The summed E-state index contributed by atoms with van der Waals surface area (Å²) in [6, 6.07) is 2.08. The molecule has 1 N–H and O–H groups in total. The van der Waals surface area contributed by atoms with Crippen LogP contribution in [0.25, 0.3) is 0 Å². The number of aromatic nitrogens is 1. The second-order valence-electron chi connectivity index (χ2n) is 4.38. The Bertz CT molecular complexity index is 578. The van der Waals surface area contributed by atoms with Crippen LogP contribution in [-0.2, 0) is 6.18 Å². The first-order valence-corrected chi connectivity index (χ1v) is 6.23. The third kappa shape index (κ3) is 2.85. The van der Waals surface area contributed by atoms with Crippen LogP contribution in [0.4, 0.5) is 13.2 Å². The fourth-order valence-corrected chi connectivity index (χ4v) is 2.18. The minimum Gasteiger partial charge on any atom is -0.469 e. The third-order valence-corrected chi connectivity index (χ3v) is 3.09. The molecule has 0 radical (unpaired) electrons. The number of hydrogen-bond donors (Lipinski definition) is 1. The van der Waals surface area contributed by atoms with E-state index in [1.807, 2.05) is 6.92 Å². The van der Waals surface area contributed by atoms with E-state index in [2.05, 4.69) is 10.3 Å². The summed E-state index contributed by atoms with van der Waals surface area (Å²) in [7, 11) is 0. The van der Waals surface area contributed by atoms with Gasteiger partial charge in [0.2, 0.25) is 0 Å². The van der Waals surface area contributed by atoms with Gasteiger partial charge >= 0.3 is 6.18 Å². The number of alkyl halides is 3. The van der Waals surface area contributed by atoms with E-state index in [1.165, 1.54) is 12.5 Å². The van der Waals surface area contributed by atoms with Crippen LogP contribution in [0.1, 0.15) is 35.4 Å². The van der Waals surface area contributed by atoms with Crippen LogP contribution < -0.4 is 5.32 Å². The lowest BCUT2D eigenvalue weighted by molar-refractivity contribution is -0.138. The van der Waals surface area contributed by atoms with Crippen molar-refractivity contribution in [3.05, 3.63) is 53.2 Å². The SMILES string of the molecule is CCNC(c1cnccc1C(F)(F)F)c1ccoc1C. The van der Waals surface area contributed by atoms with Gasteiger partial charge in [0, 0.05) is 23.5 Å². The van der Waals surface area contributed by atoms with E-state index in [0.29, 0.717) is 17.9 Å². The first-order chi connectivity index (χ1) is 9.45. The number of nitrogens with zero attached hydrogens (tertiary/aromatic N) is 1. The second kappa shape index (κ2) is 5.66. The van der Waals surface area contributed by atoms with Crippen LogP contribution in [0.2, 0.25) is 0 Å². The van der Waals surface area contributed by atoms with Gasteiger partial charge in [-0.15, -0.1) is 0 Å². The lowest BCUT2D eigenvalue weighted by atomic mass is 9.96. The Labute approximate surface area is 114 Å². The number of pyridine rings is 1. The molecule has 0 aliphatic carbocycles. The average Bonchev–Trinajstić information content (AvgIpc) is 2.81. The van der Waals surface area contributed by atoms with Gasteiger partial charge in [0.05, 0.1) is 17.9 Å². The third-order valence-electron chi connectivity index (χ3n) is 3.09.